The van der Waals surface area contributed by atoms with Crippen molar-refractivity contribution in [1.82, 2.24) is 0 Å². The van der Waals surface area contributed by atoms with Gasteiger partial charge in [0.2, 0.25) is 0 Å². The van der Waals surface area contributed by atoms with E-state index in [-0.39, 0.29) is 57.7 Å². The number of hydrogen-bond donors (Lipinski definition) is 3. The number of carboxylic acid groups (broad SMARTS) is 1. The number of aliphatic carboxylic acids is 1. The first-order chi connectivity index (χ1) is 24.3. The maximum absolute atomic E-state index is 14.4. The van der Waals surface area contributed by atoms with E-state index < -0.39 is 54.5 Å². The van der Waals surface area contributed by atoms with Crippen LogP contribution in [0.3, 0.4) is 0 Å². The molecule has 0 bridgehead atoms. The lowest BCUT2D eigenvalue weighted by Crippen LogP contribution is -2.68. The van der Waals surface area contributed by atoms with Crippen LogP contribution in [0.5, 0.6) is 11.5 Å². The summed E-state index contributed by atoms with van der Waals surface area (Å²) in [4.78, 5) is 40.9. The highest BCUT2D eigenvalue weighted by molar-refractivity contribution is 7.81. The highest BCUT2D eigenvalue weighted by atomic mass is 32.3. The molecule has 294 valence electrons. The Labute approximate surface area is 313 Å². The van der Waals surface area contributed by atoms with Gasteiger partial charge in [-0.2, -0.15) is 16.8 Å². The van der Waals surface area contributed by atoms with Crippen LogP contribution >= 0.6 is 0 Å². The van der Waals surface area contributed by atoms with Gasteiger partial charge in [0.25, 0.3) is 0 Å². The van der Waals surface area contributed by atoms with E-state index in [1.165, 1.54) is 18.2 Å². The summed E-state index contributed by atoms with van der Waals surface area (Å²) < 4.78 is 73.0. The topological polar surface area (TPSA) is 199 Å². The fourth-order valence-electron chi connectivity index (χ4n) is 13.0. The fourth-order valence-corrected chi connectivity index (χ4v) is 13.7. The number of carbonyl (C=O) groups excluding carboxylic acids is 2. The second-order valence-corrected chi connectivity index (χ2v) is 20.7. The number of rotatable bonds is 9. The molecule has 0 radical (unpaired) electrons. The zero-order chi connectivity index (χ0) is 39.2. The van der Waals surface area contributed by atoms with Gasteiger partial charge in [-0.25, -0.2) is 0 Å². The van der Waals surface area contributed by atoms with Crippen molar-refractivity contribution in [3.63, 3.8) is 0 Å². The first kappa shape index (κ1) is 39.9. The van der Waals surface area contributed by atoms with Crippen LogP contribution in [0.25, 0.3) is 6.08 Å². The quantitative estimate of drug-likeness (QED) is 0.165. The zero-order valence-electron chi connectivity index (χ0n) is 31.5. The van der Waals surface area contributed by atoms with Crippen LogP contribution < -0.4 is 8.37 Å². The Morgan fingerprint density at radius 3 is 2.09 bits per heavy atom. The average Bonchev–Trinajstić information content (AvgIpc) is 3.01. The van der Waals surface area contributed by atoms with Gasteiger partial charge in [-0.3, -0.25) is 23.5 Å². The summed E-state index contributed by atoms with van der Waals surface area (Å²) in [6.07, 6.45) is 11.1. The predicted molar refractivity (Wildman–Crippen MR) is 195 cm³/mol. The van der Waals surface area contributed by atoms with E-state index >= 15 is 0 Å². The van der Waals surface area contributed by atoms with Crippen molar-refractivity contribution in [3.05, 3.63) is 29.8 Å². The molecule has 0 heterocycles. The monoisotopic (exact) mass is 778 g/mol. The first-order valence-electron chi connectivity index (χ1n) is 18.7. The first-order valence-corrected chi connectivity index (χ1v) is 21.5. The predicted octanol–water partition coefficient (Wildman–Crippen LogP) is 7.54. The second-order valence-electron chi connectivity index (χ2n) is 18.7. The molecule has 8 atom stereocenters. The van der Waals surface area contributed by atoms with E-state index in [9.17, 15) is 40.9 Å². The third-order valence-electron chi connectivity index (χ3n) is 15.4. The lowest BCUT2D eigenvalue weighted by atomic mass is 9.30. The molecule has 5 aliphatic rings. The van der Waals surface area contributed by atoms with E-state index in [1.54, 1.807) is 0 Å². The van der Waals surface area contributed by atoms with Gasteiger partial charge in [0.05, 0.1) is 5.41 Å². The molecule has 0 spiro atoms. The molecule has 1 aromatic carbocycles. The number of benzene rings is 1. The molecule has 14 heteroatoms. The van der Waals surface area contributed by atoms with E-state index in [0.29, 0.717) is 31.5 Å². The smallest absolute Gasteiger partial charge is 0.446 e. The van der Waals surface area contributed by atoms with Crippen molar-refractivity contribution in [2.75, 3.05) is 0 Å². The van der Waals surface area contributed by atoms with Crippen molar-refractivity contribution in [2.24, 2.45) is 56.2 Å². The van der Waals surface area contributed by atoms with Gasteiger partial charge in [0.1, 0.15) is 5.78 Å². The van der Waals surface area contributed by atoms with Crippen molar-refractivity contribution >= 4 is 44.4 Å². The molecule has 3 N–H and O–H groups in total. The second kappa shape index (κ2) is 12.9. The minimum atomic E-state index is -5.12. The van der Waals surface area contributed by atoms with Gasteiger partial charge in [0.15, 0.2) is 17.3 Å². The van der Waals surface area contributed by atoms with Crippen LogP contribution in [0.2, 0.25) is 0 Å². The summed E-state index contributed by atoms with van der Waals surface area (Å²) in [7, 11) is -10.2. The number of fused-ring (bicyclic) bond motifs is 7. The molecule has 6 rings (SSSR count). The third kappa shape index (κ3) is 6.77. The lowest BCUT2D eigenvalue weighted by molar-refractivity contribution is -0.250. The third-order valence-corrected chi connectivity index (χ3v) is 16.2. The Kier molecular flexibility index (Phi) is 9.69. The normalized spacial score (nSPS) is 37.8. The largest absolute Gasteiger partial charge is 0.481 e. The highest BCUT2D eigenvalue weighted by Crippen LogP contribution is 2.77. The van der Waals surface area contributed by atoms with Crippen LogP contribution in [0.15, 0.2) is 24.3 Å². The van der Waals surface area contributed by atoms with Gasteiger partial charge in [0, 0.05) is 18.3 Å². The Balaban J connectivity index is 1.41. The van der Waals surface area contributed by atoms with Crippen LogP contribution in [-0.4, -0.2) is 48.6 Å². The molecule has 5 saturated carbocycles. The minimum Gasteiger partial charge on any atom is -0.481 e. The van der Waals surface area contributed by atoms with E-state index in [0.717, 1.165) is 57.1 Å². The van der Waals surface area contributed by atoms with Gasteiger partial charge in [-0.15, -0.1) is 0 Å². The minimum absolute atomic E-state index is 0.00414. The SMILES string of the molecule is CC1(C)CC[C@]2(C(=O)O)CC[C@]3(CC(=O)/C=C/c4ccc(OS(=O)(=O)O)c(OS(=O)(=O)O)c4)[C@H](CC[C@@H]4[C@@]5(C)CCC(=O)C(C)(C)[C@@H]5CC[C@]43C)[C@@H]2C1. The maximum Gasteiger partial charge on any atom is 0.446 e. The average molecular weight is 779 g/mol. The molecule has 0 saturated heterocycles. The molecular formula is C39H54O12S2. The summed E-state index contributed by atoms with van der Waals surface area (Å²) in [6, 6.07) is 3.41. The van der Waals surface area contributed by atoms with E-state index in [4.69, 9.17) is 4.55 Å². The number of hydrogen-bond acceptors (Lipinski definition) is 9. The van der Waals surface area contributed by atoms with Gasteiger partial charge in [-0.1, -0.05) is 53.7 Å². The van der Waals surface area contributed by atoms with Crippen molar-refractivity contribution in [3.8, 4) is 11.5 Å². The maximum atomic E-state index is 14.4. The number of ketones is 2. The van der Waals surface area contributed by atoms with E-state index in [1.807, 2.05) is 0 Å². The van der Waals surface area contributed by atoms with Crippen molar-refractivity contribution < 1.29 is 53.8 Å². The Hall–Kier alpha value is -2.81. The summed E-state index contributed by atoms with van der Waals surface area (Å²) in [5.41, 5.74) is -2.05. The Morgan fingerprint density at radius 1 is 0.811 bits per heavy atom. The lowest BCUT2D eigenvalue weighted by Gasteiger charge is -2.73. The fraction of sp³-hybridized carbons (Fsp3) is 0.718. The Bertz CT molecular complexity index is 1950. The summed E-state index contributed by atoms with van der Waals surface area (Å²) in [5, 5.41) is 10.9. The number of carbonyl (C=O) groups is 3. The molecule has 12 nitrogen and oxygen atoms in total. The molecule has 1 aromatic rings. The molecule has 0 unspecified atom stereocenters. The molecule has 0 aliphatic heterocycles. The number of Topliss-reactive ketones (excluding diaryl/α,β-unsaturated/α-hetero) is 1. The van der Waals surface area contributed by atoms with Gasteiger partial charge < -0.3 is 13.5 Å². The highest BCUT2D eigenvalue weighted by Gasteiger charge is 2.72. The van der Waals surface area contributed by atoms with Crippen LogP contribution in [0.4, 0.5) is 0 Å². The molecule has 0 aromatic heterocycles. The molecule has 0 amide bonds. The molecule has 53 heavy (non-hydrogen) atoms. The molecule has 5 aliphatic carbocycles. The number of allylic oxidation sites excluding steroid dienone is 1. The summed E-state index contributed by atoms with van der Waals surface area (Å²) >= 11 is 0. The van der Waals surface area contributed by atoms with Crippen LogP contribution in [-0.2, 0) is 35.2 Å². The van der Waals surface area contributed by atoms with Crippen LogP contribution in [0.1, 0.15) is 124 Å². The van der Waals surface area contributed by atoms with Gasteiger partial charge in [-0.05, 0) is 133 Å². The van der Waals surface area contributed by atoms with Crippen molar-refractivity contribution in [2.45, 2.75) is 119 Å². The van der Waals surface area contributed by atoms with Crippen LogP contribution in [0, 0.1) is 56.2 Å². The Morgan fingerprint density at radius 2 is 1.45 bits per heavy atom. The van der Waals surface area contributed by atoms with Gasteiger partial charge >= 0.3 is 26.8 Å². The molecular weight excluding hydrogens is 725 g/mol. The summed E-state index contributed by atoms with van der Waals surface area (Å²) in [6.45, 7) is 13.3. The zero-order valence-corrected chi connectivity index (χ0v) is 33.1. The summed E-state index contributed by atoms with van der Waals surface area (Å²) in [5.74, 6) is -1.70. The van der Waals surface area contributed by atoms with E-state index in [2.05, 4.69) is 49.9 Å². The number of carboxylic acids is 1. The standard InChI is InChI=1S/C39H54O12S2/c1-34(2)17-18-38(33(42)43)19-20-39(22-25(40)9-7-24-8-11-28(50-52(44,45)46)29(21-24)51-53(47,48)49)26(27(38)23-34)10-12-31-36(5)15-14-32(41)35(3,4)30(36)13-16-37(31,39)6/h7-9,11,21,26-27,30-31H,10,12-20,22-23H2,1-6H3,(H,42,43)(H,44,45,46)(H,47,48,49)/b9-7+/t26-,27+,30+,31-,36+,37-,38+,39+/m1/s1. The van der Waals surface area contributed by atoms with Crippen molar-refractivity contribution in [1.29, 1.82) is 0 Å². The molecule has 5 fully saturated rings.